The van der Waals surface area contributed by atoms with Gasteiger partial charge in [0.25, 0.3) is 0 Å². The van der Waals surface area contributed by atoms with Crippen molar-refractivity contribution >= 4 is 11.0 Å². The maximum absolute atomic E-state index is 4.16. The van der Waals surface area contributed by atoms with Gasteiger partial charge in [-0.15, -0.1) is 0 Å². The van der Waals surface area contributed by atoms with E-state index in [0.717, 1.165) is 16.7 Å². The summed E-state index contributed by atoms with van der Waals surface area (Å²) in [5.41, 5.74) is 3.05. The Bertz CT molecular complexity index is 391. The van der Waals surface area contributed by atoms with E-state index in [0.29, 0.717) is 0 Å². The van der Waals surface area contributed by atoms with Gasteiger partial charge in [0.15, 0.2) is 5.65 Å². The molecular weight excluding hydrogens is 186 g/mol. The first-order valence-electron chi connectivity index (χ1n) is 5.55. The number of aromatic nitrogens is 3. The molecular formula is C12H21N3. The van der Waals surface area contributed by atoms with Crippen LogP contribution in [0.4, 0.5) is 0 Å². The molecule has 0 aliphatic rings. The Balaban J connectivity index is 0.000000442. The van der Waals surface area contributed by atoms with Crippen molar-refractivity contribution in [1.29, 1.82) is 0 Å². The van der Waals surface area contributed by atoms with Crippen LogP contribution in [0.2, 0.25) is 0 Å². The molecule has 3 nitrogen and oxygen atoms in total. The van der Waals surface area contributed by atoms with Gasteiger partial charge in [-0.25, -0.2) is 4.98 Å². The van der Waals surface area contributed by atoms with Gasteiger partial charge in [-0.2, -0.15) is 5.10 Å². The average molecular weight is 207 g/mol. The van der Waals surface area contributed by atoms with Gasteiger partial charge < -0.3 is 0 Å². The number of rotatable bonds is 0. The Labute approximate surface area is 91.9 Å². The maximum Gasteiger partial charge on any atom is 0.181 e. The van der Waals surface area contributed by atoms with E-state index in [9.17, 15) is 0 Å². The van der Waals surface area contributed by atoms with Gasteiger partial charge in [0.05, 0.1) is 0 Å². The highest BCUT2D eigenvalue weighted by atomic mass is 15.1. The molecule has 0 aliphatic carbocycles. The Kier molecular flexibility index (Phi) is 6.34. The van der Waals surface area contributed by atoms with Crippen LogP contribution in [0.5, 0.6) is 0 Å². The summed E-state index contributed by atoms with van der Waals surface area (Å²) < 4.78 is 0. The van der Waals surface area contributed by atoms with Gasteiger partial charge in [-0.3, -0.25) is 5.10 Å². The number of pyridine rings is 1. The number of fused-ring (bicyclic) bond motifs is 1. The highest BCUT2D eigenvalue weighted by Crippen LogP contribution is 2.13. The summed E-state index contributed by atoms with van der Waals surface area (Å²) in [6.45, 7) is 12.0. The van der Waals surface area contributed by atoms with E-state index in [1.165, 1.54) is 5.56 Å². The third kappa shape index (κ3) is 3.35. The van der Waals surface area contributed by atoms with Crippen LogP contribution in [0, 0.1) is 13.8 Å². The van der Waals surface area contributed by atoms with Crippen molar-refractivity contribution in [3.63, 3.8) is 0 Å². The topological polar surface area (TPSA) is 41.6 Å². The molecule has 3 heteroatoms. The largest absolute Gasteiger partial charge is 0.280 e. The number of aryl methyl sites for hydroxylation is 2. The summed E-state index contributed by atoms with van der Waals surface area (Å²) in [7, 11) is 0. The predicted octanol–water partition coefficient (Wildman–Crippen LogP) is 3.63. The first-order valence-corrected chi connectivity index (χ1v) is 5.55. The van der Waals surface area contributed by atoms with E-state index in [-0.39, 0.29) is 0 Å². The van der Waals surface area contributed by atoms with Crippen molar-refractivity contribution in [1.82, 2.24) is 15.2 Å². The van der Waals surface area contributed by atoms with Crippen molar-refractivity contribution in [3.8, 4) is 0 Å². The molecule has 0 radical (unpaired) electrons. The second-order valence-corrected chi connectivity index (χ2v) is 2.73. The minimum absolute atomic E-state index is 0.799. The van der Waals surface area contributed by atoms with Gasteiger partial charge in [-0.1, -0.05) is 27.7 Å². The monoisotopic (exact) mass is 207 g/mol. The van der Waals surface area contributed by atoms with Crippen LogP contribution in [0.15, 0.2) is 12.3 Å². The van der Waals surface area contributed by atoms with E-state index in [1.54, 1.807) is 0 Å². The first kappa shape index (κ1) is 13.6. The van der Waals surface area contributed by atoms with Crippen LogP contribution in [0.1, 0.15) is 39.0 Å². The van der Waals surface area contributed by atoms with Crippen LogP contribution in [-0.4, -0.2) is 15.2 Å². The lowest BCUT2D eigenvalue weighted by molar-refractivity contribution is 1.05. The van der Waals surface area contributed by atoms with Gasteiger partial charge in [0.1, 0.15) is 0 Å². The fourth-order valence-corrected chi connectivity index (χ4v) is 1.12. The number of H-pyrrole nitrogens is 1. The molecule has 0 saturated heterocycles. The van der Waals surface area contributed by atoms with Gasteiger partial charge >= 0.3 is 0 Å². The molecule has 1 N–H and O–H groups in total. The van der Waals surface area contributed by atoms with E-state index < -0.39 is 0 Å². The van der Waals surface area contributed by atoms with Gasteiger partial charge in [0, 0.05) is 17.3 Å². The van der Waals surface area contributed by atoms with Crippen molar-refractivity contribution < 1.29 is 0 Å². The summed E-state index contributed by atoms with van der Waals surface area (Å²) in [5.74, 6) is 0. The maximum atomic E-state index is 4.16. The third-order valence-electron chi connectivity index (χ3n) is 1.74. The van der Waals surface area contributed by atoms with E-state index in [1.807, 2.05) is 47.7 Å². The van der Waals surface area contributed by atoms with Crippen LogP contribution in [-0.2, 0) is 0 Å². The van der Waals surface area contributed by atoms with E-state index >= 15 is 0 Å². The average Bonchev–Trinajstić information content (AvgIpc) is 2.66. The highest BCUT2D eigenvalue weighted by Gasteiger charge is 2.00. The first-order chi connectivity index (χ1) is 7.27. The van der Waals surface area contributed by atoms with Crippen molar-refractivity contribution in [2.75, 3.05) is 0 Å². The zero-order chi connectivity index (χ0) is 11.8. The van der Waals surface area contributed by atoms with Gasteiger partial charge in [-0.05, 0) is 25.5 Å². The molecule has 0 atom stereocenters. The quantitative estimate of drug-likeness (QED) is 0.716. The Morgan fingerprint density at radius 2 is 1.67 bits per heavy atom. The molecule has 0 fully saturated rings. The second-order valence-electron chi connectivity index (χ2n) is 2.73. The lowest BCUT2D eigenvalue weighted by Crippen LogP contribution is -1.78. The smallest absolute Gasteiger partial charge is 0.181 e. The van der Waals surface area contributed by atoms with Crippen LogP contribution in [0.25, 0.3) is 11.0 Å². The fraction of sp³-hybridized carbons (Fsp3) is 0.500. The predicted molar refractivity (Wildman–Crippen MR) is 66.1 cm³/mol. The highest BCUT2D eigenvalue weighted by molar-refractivity contribution is 5.77. The molecule has 84 valence electrons. The molecule has 0 unspecified atom stereocenters. The normalized spacial score (nSPS) is 8.67. The molecule has 2 heterocycles. The molecule has 0 bridgehead atoms. The zero-order valence-electron chi connectivity index (χ0n) is 10.5. The number of nitrogens with one attached hydrogen (secondary N) is 1. The number of hydrogen-bond acceptors (Lipinski definition) is 2. The molecule has 0 amide bonds. The lowest BCUT2D eigenvalue weighted by Gasteiger charge is -1.90. The number of hydrogen-bond donors (Lipinski definition) is 1. The SMILES string of the molecule is CC.CC.Cc1cnc2n[nH]c(C)c2c1. The molecule has 2 aromatic heterocycles. The Morgan fingerprint density at radius 3 is 2.27 bits per heavy atom. The van der Waals surface area contributed by atoms with Crippen LogP contribution < -0.4 is 0 Å². The number of aromatic amines is 1. The minimum atomic E-state index is 0.799. The Hall–Kier alpha value is -1.38. The second kappa shape index (κ2) is 6.98. The summed E-state index contributed by atoms with van der Waals surface area (Å²) in [6, 6.07) is 2.08. The summed E-state index contributed by atoms with van der Waals surface area (Å²) >= 11 is 0. The summed E-state index contributed by atoms with van der Waals surface area (Å²) in [4.78, 5) is 4.16. The van der Waals surface area contributed by atoms with Crippen molar-refractivity contribution in [3.05, 3.63) is 23.5 Å². The molecule has 0 saturated carbocycles. The van der Waals surface area contributed by atoms with Crippen LogP contribution in [0.3, 0.4) is 0 Å². The summed E-state index contributed by atoms with van der Waals surface area (Å²) in [6.07, 6.45) is 1.82. The van der Waals surface area contributed by atoms with Crippen LogP contribution >= 0.6 is 0 Å². The standard InChI is InChI=1S/C8H9N3.2C2H6/c1-5-3-7-6(2)10-11-8(7)9-4-5;2*1-2/h3-4H,1-2H3,(H,9,10,11);2*1-2H3. The Morgan fingerprint density at radius 1 is 1.07 bits per heavy atom. The third-order valence-corrected chi connectivity index (χ3v) is 1.74. The lowest BCUT2D eigenvalue weighted by atomic mass is 10.2. The fourth-order valence-electron chi connectivity index (χ4n) is 1.12. The number of nitrogens with zero attached hydrogens (tertiary/aromatic N) is 2. The molecule has 2 aromatic rings. The minimum Gasteiger partial charge on any atom is -0.280 e. The van der Waals surface area contributed by atoms with Crippen molar-refractivity contribution in [2.45, 2.75) is 41.5 Å². The molecule has 0 aromatic carbocycles. The molecule has 0 spiro atoms. The van der Waals surface area contributed by atoms with Crippen molar-refractivity contribution in [2.24, 2.45) is 0 Å². The van der Waals surface area contributed by atoms with E-state index in [4.69, 9.17) is 0 Å². The molecule has 2 rings (SSSR count). The van der Waals surface area contributed by atoms with E-state index in [2.05, 4.69) is 21.2 Å². The molecule has 0 aliphatic heterocycles. The zero-order valence-corrected chi connectivity index (χ0v) is 10.5. The van der Waals surface area contributed by atoms with Gasteiger partial charge in [0.2, 0.25) is 0 Å². The molecule has 15 heavy (non-hydrogen) atoms. The summed E-state index contributed by atoms with van der Waals surface area (Å²) in [5, 5.41) is 8.03.